The molecule has 2 N–H and O–H groups in total. The number of hydrogen-bond donors (Lipinski definition) is 2. The van der Waals surface area contributed by atoms with Crippen molar-refractivity contribution in [2.24, 2.45) is 0 Å². The molecular formula is C23H22N4O. The van der Waals surface area contributed by atoms with Crippen molar-refractivity contribution in [1.82, 2.24) is 9.97 Å². The number of anilines is 3. The molecule has 4 aromatic rings. The van der Waals surface area contributed by atoms with Gasteiger partial charge in [0.15, 0.2) is 0 Å². The minimum atomic E-state index is 0.574. The maximum Gasteiger partial charge on any atom is 0.229 e. The zero-order valence-corrected chi connectivity index (χ0v) is 15.9. The Morgan fingerprint density at radius 3 is 2.39 bits per heavy atom. The van der Waals surface area contributed by atoms with Gasteiger partial charge in [0, 0.05) is 17.6 Å². The Bertz CT molecular complexity index is 1090. The number of benzene rings is 3. The first-order chi connectivity index (χ1) is 13.7. The zero-order chi connectivity index (χ0) is 19.3. The molecule has 0 aliphatic carbocycles. The van der Waals surface area contributed by atoms with Gasteiger partial charge >= 0.3 is 0 Å². The summed E-state index contributed by atoms with van der Waals surface area (Å²) in [5.74, 6) is 2.23. The summed E-state index contributed by atoms with van der Waals surface area (Å²) in [5.41, 5.74) is 4.19. The van der Waals surface area contributed by atoms with Crippen LogP contribution in [-0.4, -0.2) is 17.1 Å². The largest absolute Gasteiger partial charge is 0.497 e. The van der Waals surface area contributed by atoms with Crippen molar-refractivity contribution in [3.05, 3.63) is 83.9 Å². The average Bonchev–Trinajstić information content (AvgIpc) is 2.74. The highest BCUT2D eigenvalue weighted by atomic mass is 16.5. The van der Waals surface area contributed by atoms with Gasteiger partial charge in [0.1, 0.15) is 11.6 Å². The first-order valence-corrected chi connectivity index (χ1v) is 9.19. The van der Waals surface area contributed by atoms with Crippen LogP contribution in [0, 0.1) is 6.92 Å². The number of ether oxygens (including phenoxy) is 1. The van der Waals surface area contributed by atoms with Crippen molar-refractivity contribution < 1.29 is 4.74 Å². The molecule has 0 saturated heterocycles. The highest BCUT2D eigenvalue weighted by molar-refractivity contribution is 5.90. The van der Waals surface area contributed by atoms with Gasteiger partial charge in [-0.2, -0.15) is 4.98 Å². The van der Waals surface area contributed by atoms with Crippen LogP contribution in [0.1, 0.15) is 11.1 Å². The second-order valence-corrected chi connectivity index (χ2v) is 6.55. The van der Waals surface area contributed by atoms with Crippen molar-refractivity contribution >= 4 is 28.4 Å². The van der Waals surface area contributed by atoms with Crippen LogP contribution in [0.25, 0.3) is 10.9 Å². The summed E-state index contributed by atoms with van der Waals surface area (Å²) in [7, 11) is 1.67. The molecule has 1 heterocycles. The highest BCUT2D eigenvalue weighted by Gasteiger charge is 2.09. The molecule has 0 amide bonds. The van der Waals surface area contributed by atoms with Crippen LogP contribution in [0.5, 0.6) is 5.75 Å². The van der Waals surface area contributed by atoms with Gasteiger partial charge in [-0.1, -0.05) is 42.5 Å². The molecule has 5 heteroatoms. The maximum absolute atomic E-state index is 5.22. The number of fused-ring (bicyclic) bond motifs is 1. The van der Waals surface area contributed by atoms with E-state index < -0.39 is 0 Å². The van der Waals surface area contributed by atoms with E-state index in [1.807, 2.05) is 66.7 Å². The van der Waals surface area contributed by atoms with Crippen LogP contribution >= 0.6 is 0 Å². The van der Waals surface area contributed by atoms with Crippen molar-refractivity contribution in [3.63, 3.8) is 0 Å². The van der Waals surface area contributed by atoms with E-state index in [2.05, 4.69) is 28.6 Å². The van der Waals surface area contributed by atoms with Crippen LogP contribution in [0.4, 0.5) is 17.5 Å². The lowest BCUT2D eigenvalue weighted by molar-refractivity contribution is 0.414. The van der Waals surface area contributed by atoms with Crippen LogP contribution < -0.4 is 15.4 Å². The fraction of sp³-hybridized carbons (Fsp3) is 0.130. The van der Waals surface area contributed by atoms with Gasteiger partial charge in [-0.15, -0.1) is 0 Å². The third-order valence-electron chi connectivity index (χ3n) is 4.61. The van der Waals surface area contributed by atoms with E-state index in [9.17, 15) is 0 Å². The summed E-state index contributed by atoms with van der Waals surface area (Å²) < 4.78 is 5.22. The van der Waals surface area contributed by atoms with Crippen LogP contribution in [0.15, 0.2) is 72.8 Å². The maximum atomic E-state index is 5.22. The topological polar surface area (TPSA) is 59.1 Å². The Kier molecular flexibility index (Phi) is 5.06. The molecule has 0 atom stereocenters. The standard InChI is InChI=1S/C23H22N4O/c1-16-7-3-5-9-20(16)25-23-26-21-10-6-4-8-19(21)22(27-23)24-15-17-11-13-18(28-2)14-12-17/h3-14H,15H2,1-2H3,(H2,24,25,26,27). The number of hydrogen-bond acceptors (Lipinski definition) is 5. The molecule has 1 aromatic heterocycles. The van der Waals surface area contributed by atoms with Gasteiger partial charge in [-0.3, -0.25) is 0 Å². The van der Waals surface area contributed by atoms with Gasteiger partial charge < -0.3 is 15.4 Å². The van der Waals surface area contributed by atoms with E-state index in [0.29, 0.717) is 12.5 Å². The van der Waals surface area contributed by atoms with Gasteiger partial charge in [0.05, 0.1) is 12.6 Å². The second kappa shape index (κ2) is 7.96. The predicted molar refractivity (Wildman–Crippen MR) is 114 cm³/mol. The third-order valence-corrected chi connectivity index (χ3v) is 4.61. The lowest BCUT2D eigenvalue weighted by atomic mass is 10.2. The molecule has 3 aromatic carbocycles. The summed E-state index contributed by atoms with van der Waals surface area (Å²) >= 11 is 0. The predicted octanol–water partition coefficient (Wildman–Crippen LogP) is 5.30. The van der Waals surface area contributed by atoms with Gasteiger partial charge in [-0.25, -0.2) is 4.98 Å². The number of rotatable bonds is 6. The molecule has 0 fully saturated rings. The smallest absolute Gasteiger partial charge is 0.229 e. The van der Waals surface area contributed by atoms with Crippen LogP contribution in [0.3, 0.4) is 0 Å². The van der Waals surface area contributed by atoms with Crippen molar-refractivity contribution in [3.8, 4) is 5.75 Å². The lowest BCUT2D eigenvalue weighted by Gasteiger charge is -2.13. The number of para-hydroxylation sites is 2. The monoisotopic (exact) mass is 370 g/mol. The first-order valence-electron chi connectivity index (χ1n) is 9.19. The van der Waals surface area contributed by atoms with E-state index in [0.717, 1.165) is 39.3 Å². The Morgan fingerprint density at radius 1 is 0.857 bits per heavy atom. The zero-order valence-electron chi connectivity index (χ0n) is 15.9. The van der Waals surface area contributed by atoms with Gasteiger partial charge in [0.2, 0.25) is 5.95 Å². The van der Waals surface area contributed by atoms with E-state index in [-0.39, 0.29) is 0 Å². The van der Waals surface area contributed by atoms with Crippen LogP contribution in [-0.2, 0) is 6.54 Å². The number of aromatic nitrogens is 2. The number of nitrogens with one attached hydrogen (secondary N) is 2. The minimum Gasteiger partial charge on any atom is -0.497 e. The van der Waals surface area contributed by atoms with Crippen molar-refractivity contribution in [2.45, 2.75) is 13.5 Å². The van der Waals surface area contributed by atoms with Crippen LogP contribution in [0.2, 0.25) is 0 Å². The number of nitrogens with zero attached hydrogens (tertiary/aromatic N) is 2. The molecular weight excluding hydrogens is 348 g/mol. The molecule has 140 valence electrons. The Labute approximate surface area is 164 Å². The third kappa shape index (κ3) is 3.88. The molecule has 0 spiro atoms. The van der Waals surface area contributed by atoms with Crippen molar-refractivity contribution in [2.75, 3.05) is 17.7 Å². The van der Waals surface area contributed by atoms with E-state index in [1.54, 1.807) is 7.11 Å². The van der Waals surface area contributed by atoms with Gasteiger partial charge in [0.25, 0.3) is 0 Å². The van der Waals surface area contributed by atoms with E-state index in [4.69, 9.17) is 9.72 Å². The average molecular weight is 370 g/mol. The second-order valence-electron chi connectivity index (χ2n) is 6.55. The Hall–Kier alpha value is -3.60. The molecule has 5 nitrogen and oxygen atoms in total. The molecule has 0 aliphatic rings. The van der Waals surface area contributed by atoms with E-state index in [1.165, 1.54) is 0 Å². The number of aryl methyl sites for hydroxylation is 1. The summed E-state index contributed by atoms with van der Waals surface area (Å²) in [5, 5.41) is 7.78. The lowest BCUT2D eigenvalue weighted by Crippen LogP contribution is -2.06. The van der Waals surface area contributed by atoms with Crippen molar-refractivity contribution in [1.29, 1.82) is 0 Å². The molecule has 0 unspecified atom stereocenters. The molecule has 0 radical (unpaired) electrons. The number of methoxy groups -OCH3 is 1. The fourth-order valence-corrected chi connectivity index (χ4v) is 3.03. The quantitative estimate of drug-likeness (QED) is 0.482. The van der Waals surface area contributed by atoms with Gasteiger partial charge in [-0.05, 0) is 48.4 Å². The highest BCUT2D eigenvalue weighted by Crippen LogP contribution is 2.25. The molecule has 0 saturated carbocycles. The minimum absolute atomic E-state index is 0.574. The molecule has 4 rings (SSSR count). The van der Waals surface area contributed by atoms with E-state index >= 15 is 0 Å². The SMILES string of the molecule is COc1ccc(CNc2nc(Nc3ccccc3C)nc3ccccc23)cc1. The summed E-state index contributed by atoms with van der Waals surface area (Å²) in [6, 6.07) is 24.1. The summed E-state index contributed by atoms with van der Waals surface area (Å²) in [6.45, 7) is 2.72. The normalized spacial score (nSPS) is 10.6. The summed E-state index contributed by atoms with van der Waals surface area (Å²) in [4.78, 5) is 9.40. The Morgan fingerprint density at radius 2 is 1.61 bits per heavy atom. The molecule has 28 heavy (non-hydrogen) atoms. The fourth-order valence-electron chi connectivity index (χ4n) is 3.03. The molecule has 0 bridgehead atoms. The summed E-state index contributed by atoms with van der Waals surface area (Å²) in [6.07, 6.45) is 0. The first kappa shape index (κ1) is 17.8. The Balaban J connectivity index is 1.63. The molecule has 0 aliphatic heterocycles.